The lowest BCUT2D eigenvalue weighted by atomic mass is 10.0. The summed E-state index contributed by atoms with van der Waals surface area (Å²) in [5.74, 6) is 0.977. The van der Waals surface area contributed by atoms with Crippen molar-refractivity contribution < 1.29 is 5.11 Å². The molecule has 14 heavy (non-hydrogen) atoms. The smallest absolute Gasteiger partial charge is 0.0540 e. The molecule has 84 valence electrons. The molecule has 1 atom stereocenters. The van der Waals surface area contributed by atoms with Gasteiger partial charge in [-0.15, -0.1) is 0 Å². The Balaban J connectivity index is 1.79. The van der Waals surface area contributed by atoms with E-state index in [0.717, 1.165) is 18.8 Å². The van der Waals surface area contributed by atoms with Gasteiger partial charge in [-0.25, -0.2) is 0 Å². The third kappa shape index (κ3) is 6.42. The molecule has 1 saturated carbocycles. The summed E-state index contributed by atoms with van der Waals surface area (Å²) in [6.45, 7) is 2.24. The number of hydrogen-bond donors (Lipinski definition) is 1. The number of aliphatic hydroxyl groups is 1. The van der Waals surface area contributed by atoms with E-state index in [0.29, 0.717) is 0 Å². The second-order valence-electron chi connectivity index (χ2n) is 4.88. The van der Waals surface area contributed by atoms with Gasteiger partial charge in [0.05, 0.1) is 6.10 Å². The Morgan fingerprint density at radius 2 is 1.79 bits per heavy atom. The van der Waals surface area contributed by atoms with Crippen LogP contribution in [0.2, 0.25) is 0 Å². The summed E-state index contributed by atoms with van der Waals surface area (Å²) in [5, 5.41) is 9.68. The maximum atomic E-state index is 9.68. The van der Waals surface area contributed by atoms with Crippen molar-refractivity contribution in [1.29, 1.82) is 0 Å². The van der Waals surface area contributed by atoms with E-state index < -0.39 is 0 Å². The van der Waals surface area contributed by atoms with Crippen LogP contribution in [-0.2, 0) is 0 Å². The molecule has 0 radical (unpaired) electrons. The van der Waals surface area contributed by atoms with Crippen molar-refractivity contribution in [2.75, 3.05) is 0 Å². The molecule has 1 fully saturated rings. The number of unbranched alkanes of at least 4 members (excludes halogenated alkanes) is 4. The molecule has 0 saturated heterocycles. The highest BCUT2D eigenvalue weighted by atomic mass is 16.3. The van der Waals surface area contributed by atoms with Crippen molar-refractivity contribution in [2.45, 2.75) is 77.2 Å². The number of aliphatic hydroxyl groups excluding tert-OH is 1. The third-order valence-corrected chi connectivity index (χ3v) is 3.25. The normalized spacial score (nSPS) is 18.4. The molecular formula is C13H26O. The average Bonchev–Trinajstić information content (AvgIpc) is 2.98. The van der Waals surface area contributed by atoms with Crippen LogP contribution in [0.3, 0.4) is 0 Å². The summed E-state index contributed by atoms with van der Waals surface area (Å²) in [6.07, 6.45) is 12.8. The molecule has 1 heteroatoms. The van der Waals surface area contributed by atoms with Crippen molar-refractivity contribution in [1.82, 2.24) is 0 Å². The van der Waals surface area contributed by atoms with Crippen LogP contribution >= 0.6 is 0 Å². The van der Waals surface area contributed by atoms with Gasteiger partial charge in [0.15, 0.2) is 0 Å². The number of rotatable bonds is 9. The van der Waals surface area contributed by atoms with Gasteiger partial charge in [-0.3, -0.25) is 0 Å². The second kappa shape index (κ2) is 7.28. The Kier molecular flexibility index (Phi) is 6.25. The second-order valence-corrected chi connectivity index (χ2v) is 4.88. The fraction of sp³-hybridized carbons (Fsp3) is 1.00. The van der Waals surface area contributed by atoms with Gasteiger partial charge in [-0.05, 0) is 25.2 Å². The Bertz CT molecular complexity index is 129. The molecule has 0 bridgehead atoms. The summed E-state index contributed by atoms with van der Waals surface area (Å²) in [4.78, 5) is 0. The van der Waals surface area contributed by atoms with E-state index >= 15 is 0 Å². The molecule has 0 heterocycles. The molecule has 1 nitrogen and oxygen atoms in total. The minimum absolute atomic E-state index is 0.00257. The van der Waals surface area contributed by atoms with Crippen LogP contribution in [0.25, 0.3) is 0 Å². The Morgan fingerprint density at radius 3 is 2.43 bits per heavy atom. The average molecular weight is 198 g/mol. The molecule has 1 unspecified atom stereocenters. The van der Waals surface area contributed by atoms with E-state index in [4.69, 9.17) is 0 Å². The van der Waals surface area contributed by atoms with Gasteiger partial charge in [0.1, 0.15) is 0 Å². The summed E-state index contributed by atoms with van der Waals surface area (Å²) < 4.78 is 0. The first-order valence-corrected chi connectivity index (χ1v) is 6.51. The molecule has 1 N–H and O–H groups in total. The highest BCUT2D eigenvalue weighted by molar-refractivity contribution is 4.74. The van der Waals surface area contributed by atoms with Crippen LogP contribution in [0.1, 0.15) is 71.1 Å². The fourth-order valence-electron chi connectivity index (χ4n) is 1.96. The van der Waals surface area contributed by atoms with Crippen molar-refractivity contribution in [3.8, 4) is 0 Å². The van der Waals surface area contributed by atoms with Gasteiger partial charge in [-0.1, -0.05) is 51.9 Å². The third-order valence-electron chi connectivity index (χ3n) is 3.25. The largest absolute Gasteiger partial charge is 0.393 e. The monoisotopic (exact) mass is 198 g/mol. The molecule has 1 aliphatic carbocycles. The van der Waals surface area contributed by atoms with E-state index in [-0.39, 0.29) is 6.10 Å². The maximum Gasteiger partial charge on any atom is 0.0540 e. The fourth-order valence-corrected chi connectivity index (χ4v) is 1.96. The van der Waals surface area contributed by atoms with E-state index in [1.54, 1.807) is 0 Å². The van der Waals surface area contributed by atoms with Gasteiger partial charge in [0.2, 0.25) is 0 Å². The molecule has 0 aromatic heterocycles. The molecule has 0 aliphatic heterocycles. The predicted molar refractivity (Wildman–Crippen MR) is 61.3 cm³/mol. The van der Waals surface area contributed by atoms with Crippen LogP contribution < -0.4 is 0 Å². The Hall–Kier alpha value is -0.0400. The Morgan fingerprint density at radius 1 is 1.07 bits per heavy atom. The summed E-state index contributed by atoms with van der Waals surface area (Å²) in [7, 11) is 0. The van der Waals surface area contributed by atoms with E-state index in [1.807, 2.05) is 0 Å². The minimum atomic E-state index is -0.00257. The lowest BCUT2D eigenvalue weighted by Crippen LogP contribution is -2.06. The van der Waals surface area contributed by atoms with Crippen molar-refractivity contribution >= 4 is 0 Å². The summed E-state index contributed by atoms with van der Waals surface area (Å²) in [6, 6.07) is 0. The summed E-state index contributed by atoms with van der Waals surface area (Å²) >= 11 is 0. The van der Waals surface area contributed by atoms with Crippen molar-refractivity contribution in [2.24, 2.45) is 5.92 Å². The van der Waals surface area contributed by atoms with Crippen LogP contribution in [0, 0.1) is 5.92 Å². The molecule has 1 aliphatic rings. The minimum Gasteiger partial charge on any atom is -0.393 e. The SMILES string of the molecule is CCCCCCCC(O)CCC1CC1. The van der Waals surface area contributed by atoms with Crippen molar-refractivity contribution in [3.05, 3.63) is 0 Å². The number of hydrogen-bond acceptors (Lipinski definition) is 1. The van der Waals surface area contributed by atoms with Crippen LogP contribution in [0.4, 0.5) is 0 Å². The highest BCUT2D eigenvalue weighted by Gasteiger charge is 2.21. The quantitative estimate of drug-likeness (QED) is 0.557. The molecule has 0 amide bonds. The van der Waals surface area contributed by atoms with Gasteiger partial charge in [0, 0.05) is 0 Å². The van der Waals surface area contributed by atoms with Gasteiger partial charge in [-0.2, -0.15) is 0 Å². The molecule has 1 rings (SSSR count). The highest BCUT2D eigenvalue weighted by Crippen LogP contribution is 2.34. The first kappa shape index (κ1) is 12.0. The molecule has 0 spiro atoms. The zero-order valence-electron chi connectivity index (χ0n) is 9.67. The van der Waals surface area contributed by atoms with Crippen LogP contribution in [0.5, 0.6) is 0 Å². The van der Waals surface area contributed by atoms with Crippen molar-refractivity contribution in [3.63, 3.8) is 0 Å². The molecule has 0 aromatic rings. The van der Waals surface area contributed by atoms with Gasteiger partial charge >= 0.3 is 0 Å². The standard InChI is InChI=1S/C13H26O/c1-2-3-4-5-6-7-13(14)11-10-12-8-9-12/h12-14H,2-11H2,1H3. The van der Waals surface area contributed by atoms with Crippen LogP contribution in [-0.4, -0.2) is 11.2 Å². The zero-order valence-corrected chi connectivity index (χ0v) is 9.67. The van der Waals surface area contributed by atoms with Gasteiger partial charge in [0.25, 0.3) is 0 Å². The van der Waals surface area contributed by atoms with E-state index in [9.17, 15) is 5.11 Å². The maximum absolute atomic E-state index is 9.68. The first-order chi connectivity index (χ1) is 6.83. The lowest BCUT2D eigenvalue weighted by molar-refractivity contribution is 0.146. The first-order valence-electron chi connectivity index (χ1n) is 6.51. The molecular weight excluding hydrogens is 172 g/mol. The Labute approximate surface area is 88.9 Å². The topological polar surface area (TPSA) is 20.2 Å². The van der Waals surface area contributed by atoms with Gasteiger partial charge < -0.3 is 5.11 Å². The predicted octanol–water partition coefficient (Wildman–Crippen LogP) is 3.90. The zero-order chi connectivity index (χ0) is 10.2. The van der Waals surface area contributed by atoms with Crippen LogP contribution in [0.15, 0.2) is 0 Å². The summed E-state index contributed by atoms with van der Waals surface area (Å²) in [5.41, 5.74) is 0. The lowest BCUT2D eigenvalue weighted by Gasteiger charge is -2.09. The van der Waals surface area contributed by atoms with E-state index in [1.165, 1.54) is 51.4 Å². The molecule has 0 aromatic carbocycles. The van der Waals surface area contributed by atoms with E-state index in [2.05, 4.69) is 6.92 Å².